The Hall–Kier alpha value is -2.93. The molecule has 2 amide bonds. The maximum Gasteiger partial charge on any atom is 0.324 e. The minimum Gasteiger partial charge on any atom is -0.384 e. The lowest BCUT2D eigenvalue weighted by molar-refractivity contribution is 0.103. The maximum atomic E-state index is 13.4. The fourth-order valence-electron chi connectivity index (χ4n) is 4.51. The van der Waals surface area contributed by atoms with Crippen LogP contribution in [-0.2, 0) is 6.54 Å². The van der Waals surface area contributed by atoms with Crippen molar-refractivity contribution in [1.29, 1.82) is 5.41 Å². The Kier molecular flexibility index (Phi) is 5.99. The van der Waals surface area contributed by atoms with Crippen molar-refractivity contribution in [3.63, 3.8) is 0 Å². The number of carbonyl (C=O) groups excluding carboxylic acids is 1. The zero-order valence-electron chi connectivity index (χ0n) is 17.5. The first kappa shape index (κ1) is 20.3. The molecule has 0 spiro atoms. The number of anilines is 1. The summed E-state index contributed by atoms with van der Waals surface area (Å²) in [5.74, 6) is 0.409. The van der Waals surface area contributed by atoms with Crippen molar-refractivity contribution in [3.05, 3.63) is 59.9 Å². The van der Waals surface area contributed by atoms with Crippen LogP contribution in [0.4, 0.5) is 10.5 Å². The molecule has 4 rings (SSSR count). The van der Waals surface area contributed by atoms with Crippen molar-refractivity contribution in [2.24, 2.45) is 11.7 Å². The zero-order chi connectivity index (χ0) is 21.1. The van der Waals surface area contributed by atoms with Gasteiger partial charge in [0.15, 0.2) is 0 Å². The predicted molar refractivity (Wildman–Crippen MR) is 119 cm³/mol. The number of likely N-dealkylation sites (tertiary alicyclic amines) is 1. The van der Waals surface area contributed by atoms with Crippen molar-refractivity contribution in [3.8, 4) is 0 Å². The fraction of sp³-hybridized carbons (Fsp3) is 0.435. The van der Waals surface area contributed by atoms with Crippen molar-refractivity contribution in [1.82, 2.24) is 14.8 Å². The van der Waals surface area contributed by atoms with Gasteiger partial charge in [0, 0.05) is 62.4 Å². The lowest BCUT2D eigenvalue weighted by atomic mass is 9.99. The third-order valence-electron chi connectivity index (χ3n) is 6.10. The molecule has 7 nitrogen and oxygen atoms in total. The van der Waals surface area contributed by atoms with E-state index in [1.807, 2.05) is 35.5 Å². The van der Waals surface area contributed by atoms with Gasteiger partial charge >= 0.3 is 6.03 Å². The van der Waals surface area contributed by atoms with Crippen molar-refractivity contribution in [2.75, 3.05) is 31.1 Å². The van der Waals surface area contributed by atoms with Gasteiger partial charge in [-0.3, -0.25) is 20.2 Å². The molecule has 3 heterocycles. The molecule has 0 bridgehead atoms. The summed E-state index contributed by atoms with van der Waals surface area (Å²) in [7, 11) is 0. The quantitative estimate of drug-likeness (QED) is 0.590. The molecule has 1 unspecified atom stereocenters. The van der Waals surface area contributed by atoms with Crippen LogP contribution < -0.4 is 10.6 Å². The van der Waals surface area contributed by atoms with E-state index in [-0.39, 0.29) is 17.9 Å². The number of piperidine rings is 1. The molecule has 2 aromatic rings. The molecule has 7 heteroatoms. The number of urea groups is 1. The van der Waals surface area contributed by atoms with Gasteiger partial charge in [0.05, 0.1) is 0 Å². The van der Waals surface area contributed by atoms with Crippen LogP contribution in [0.15, 0.2) is 48.8 Å². The third kappa shape index (κ3) is 4.46. The first-order chi connectivity index (χ1) is 14.5. The third-order valence-corrected chi connectivity index (χ3v) is 6.10. The Morgan fingerprint density at radius 2 is 1.90 bits per heavy atom. The van der Waals surface area contributed by atoms with Gasteiger partial charge in [-0.15, -0.1) is 0 Å². The molecule has 158 valence electrons. The van der Waals surface area contributed by atoms with E-state index in [2.05, 4.69) is 33.8 Å². The average Bonchev–Trinajstić information content (AvgIpc) is 2.76. The highest BCUT2D eigenvalue weighted by atomic mass is 16.2. The van der Waals surface area contributed by atoms with Crippen molar-refractivity contribution >= 4 is 17.6 Å². The summed E-state index contributed by atoms with van der Waals surface area (Å²) < 4.78 is 0. The number of aromatic nitrogens is 1. The highest BCUT2D eigenvalue weighted by Crippen LogP contribution is 2.28. The molecule has 1 atom stereocenters. The van der Waals surface area contributed by atoms with Crippen LogP contribution >= 0.6 is 0 Å². The zero-order valence-corrected chi connectivity index (χ0v) is 17.5. The maximum absolute atomic E-state index is 13.4. The molecule has 0 saturated carbocycles. The summed E-state index contributed by atoms with van der Waals surface area (Å²) in [6.07, 6.45) is 5.66. The molecule has 0 radical (unpaired) electrons. The Morgan fingerprint density at radius 1 is 1.17 bits per heavy atom. The number of amides is 2. The summed E-state index contributed by atoms with van der Waals surface area (Å²) in [5, 5.41) is 7.69. The van der Waals surface area contributed by atoms with Gasteiger partial charge in [0.2, 0.25) is 0 Å². The topological polar surface area (TPSA) is 89.5 Å². The summed E-state index contributed by atoms with van der Waals surface area (Å²) in [6.45, 7) is 6.60. The number of hydrogen-bond donors (Lipinski definition) is 2. The second-order valence-electron chi connectivity index (χ2n) is 8.48. The number of nitrogens with two attached hydrogens (primary N) is 1. The summed E-state index contributed by atoms with van der Waals surface area (Å²) >= 11 is 0. The van der Waals surface area contributed by atoms with E-state index >= 15 is 0 Å². The number of nitrogens with zero attached hydrogens (tertiary/aromatic N) is 4. The minimum atomic E-state index is 0.0211. The van der Waals surface area contributed by atoms with Gasteiger partial charge in [-0.1, -0.05) is 19.1 Å². The largest absolute Gasteiger partial charge is 0.384 e. The average molecular weight is 407 g/mol. The normalized spacial score (nSPS) is 21.1. The molecular formula is C23H30N6O. The second-order valence-corrected chi connectivity index (χ2v) is 8.48. The van der Waals surface area contributed by atoms with E-state index in [1.165, 1.54) is 5.56 Å². The Labute approximate surface area is 178 Å². The Balaban J connectivity index is 1.42. The van der Waals surface area contributed by atoms with E-state index < -0.39 is 0 Å². The molecule has 2 saturated heterocycles. The lowest BCUT2D eigenvalue weighted by Gasteiger charge is -2.45. The van der Waals surface area contributed by atoms with Crippen LogP contribution in [0, 0.1) is 11.3 Å². The van der Waals surface area contributed by atoms with Gasteiger partial charge in [-0.2, -0.15) is 0 Å². The highest BCUT2D eigenvalue weighted by molar-refractivity contribution is 5.98. The summed E-state index contributed by atoms with van der Waals surface area (Å²) in [4.78, 5) is 23.8. The SMILES string of the molecule is CC1CN(c2cccc(C(=N)N)c2)C(=O)N(C2CCN(Cc3ccncc3)CC2)C1. The van der Waals surface area contributed by atoms with Crippen LogP contribution in [0.3, 0.4) is 0 Å². The number of amidine groups is 1. The van der Waals surface area contributed by atoms with Gasteiger partial charge in [-0.25, -0.2) is 4.79 Å². The van der Waals surface area contributed by atoms with Gasteiger partial charge in [-0.05, 0) is 48.6 Å². The fourth-order valence-corrected chi connectivity index (χ4v) is 4.51. The summed E-state index contributed by atoms with van der Waals surface area (Å²) in [6, 6.07) is 11.9. The molecule has 30 heavy (non-hydrogen) atoms. The van der Waals surface area contributed by atoms with Gasteiger partial charge in [0.1, 0.15) is 5.84 Å². The molecule has 3 N–H and O–H groups in total. The lowest BCUT2D eigenvalue weighted by Crippen LogP contribution is -2.58. The molecule has 0 aliphatic carbocycles. The smallest absolute Gasteiger partial charge is 0.324 e. The van der Waals surface area contributed by atoms with E-state index in [0.29, 0.717) is 18.0 Å². The number of carbonyl (C=O) groups is 1. The van der Waals surface area contributed by atoms with Crippen LogP contribution in [0.1, 0.15) is 30.9 Å². The number of nitrogen functional groups attached to an aromatic ring is 1. The van der Waals surface area contributed by atoms with Crippen LogP contribution in [-0.4, -0.2) is 58.9 Å². The number of nitrogens with one attached hydrogen (secondary N) is 1. The number of rotatable bonds is 5. The van der Waals surface area contributed by atoms with E-state index in [4.69, 9.17) is 11.1 Å². The number of pyridine rings is 1. The van der Waals surface area contributed by atoms with Gasteiger partial charge in [0.25, 0.3) is 0 Å². The van der Waals surface area contributed by atoms with Crippen molar-refractivity contribution in [2.45, 2.75) is 32.4 Å². The van der Waals surface area contributed by atoms with Crippen molar-refractivity contribution < 1.29 is 4.79 Å². The molecule has 2 aliphatic rings. The monoisotopic (exact) mass is 406 g/mol. The van der Waals surface area contributed by atoms with E-state index in [0.717, 1.165) is 44.7 Å². The molecule has 1 aromatic heterocycles. The van der Waals surface area contributed by atoms with Gasteiger partial charge < -0.3 is 10.6 Å². The minimum absolute atomic E-state index is 0.0211. The molecule has 2 fully saturated rings. The standard InChI is InChI=1S/C23H30N6O/c1-17-14-28(20-7-11-27(12-8-20)16-18-5-9-26-10-6-18)23(30)29(15-17)21-4-2-3-19(13-21)22(24)25/h2-6,9-10,13,17,20H,7-8,11-12,14-16H2,1H3,(H3,24,25). The number of hydrogen-bond acceptors (Lipinski definition) is 4. The first-order valence-electron chi connectivity index (χ1n) is 10.6. The molecular weight excluding hydrogens is 376 g/mol. The first-order valence-corrected chi connectivity index (χ1v) is 10.6. The van der Waals surface area contributed by atoms with Crippen LogP contribution in [0.25, 0.3) is 0 Å². The highest BCUT2D eigenvalue weighted by Gasteiger charge is 2.36. The summed E-state index contributed by atoms with van der Waals surface area (Å²) in [5.41, 5.74) is 8.39. The second kappa shape index (κ2) is 8.83. The molecule has 2 aliphatic heterocycles. The Bertz CT molecular complexity index is 894. The van der Waals surface area contributed by atoms with Crippen LogP contribution in [0.5, 0.6) is 0 Å². The van der Waals surface area contributed by atoms with E-state index in [9.17, 15) is 4.79 Å². The van der Waals surface area contributed by atoms with Crippen LogP contribution in [0.2, 0.25) is 0 Å². The van der Waals surface area contributed by atoms with E-state index in [1.54, 1.807) is 6.07 Å². The number of benzene rings is 1. The Morgan fingerprint density at radius 3 is 2.60 bits per heavy atom. The molecule has 1 aromatic carbocycles. The predicted octanol–water partition coefficient (Wildman–Crippen LogP) is 2.91.